The van der Waals surface area contributed by atoms with Crippen LogP contribution in [0.2, 0.25) is 0 Å². The molecule has 3 aromatic rings. The number of pyridine rings is 2. The number of carbonyl (C=O) groups is 2. The van der Waals surface area contributed by atoms with Crippen LogP contribution in [0.5, 0.6) is 0 Å². The first kappa shape index (κ1) is 22.1. The summed E-state index contributed by atoms with van der Waals surface area (Å²) in [6.07, 6.45) is 1.48. The lowest BCUT2D eigenvalue weighted by Crippen LogP contribution is -2.40. The van der Waals surface area contributed by atoms with Gasteiger partial charge in [0.15, 0.2) is 0 Å². The average Bonchev–Trinajstić information content (AvgIpc) is 3.37. The maximum absolute atomic E-state index is 12.5. The summed E-state index contributed by atoms with van der Waals surface area (Å²) in [7, 11) is 0. The lowest BCUT2D eigenvalue weighted by molar-refractivity contribution is -0.113. The lowest BCUT2D eigenvalue weighted by Gasteiger charge is -2.24. The Bertz CT molecular complexity index is 1430. The average molecular weight is 494 g/mol. The molecule has 0 aliphatic carbocycles. The van der Waals surface area contributed by atoms with Crippen molar-refractivity contribution in [3.63, 3.8) is 0 Å². The number of aromatic nitrogens is 2. The Morgan fingerprint density at radius 3 is 3.00 bits per heavy atom. The number of thioether (sulfide) groups is 1. The quantitative estimate of drug-likeness (QED) is 0.443. The molecule has 2 aromatic heterocycles. The third kappa shape index (κ3) is 3.85. The lowest BCUT2D eigenvalue weighted by atomic mass is 9.96. The van der Waals surface area contributed by atoms with Crippen LogP contribution >= 0.6 is 11.8 Å². The third-order valence-electron chi connectivity index (χ3n) is 6.64. The number of nitrogens with zero attached hydrogens (tertiary/aromatic N) is 3. The topological polar surface area (TPSA) is 126 Å². The van der Waals surface area contributed by atoms with E-state index in [2.05, 4.69) is 15.6 Å². The molecule has 0 radical (unpaired) electrons. The molecular formula is C24H23N5O5S. The van der Waals surface area contributed by atoms with Crippen molar-refractivity contribution in [3.05, 3.63) is 58.5 Å². The van der Waals surface area contributed by atoms with E-state index < -0.39 is 11.7 Å². The number of amides is 2. The smallest absolute Gasteiger partial charge is 0.414 e. The Morgan fingerprint density at radius 1 is 1.23 bits per heavy atom. The summed E-state index contributed by atoms with van der Waals surface area (Å²) < 4.78 is 7.11. The molecule has 1 fully saturated rings. The van der Waals surface area contributed by atoms with Gasteiger partial charge in [0.1, 0.15) is 11.7 Å². The minimum Gasteiger partial charge on any atom is -0.444 e. The molecule has 2 atom stereocenters. The van der Waals surface area contributed by atoms with Crippen LogP contribution in [0.3, 0.4) is 0 Å². The molecule has 0 saturated carbocycles. The van der Waals surface area contributed by atoms with E-state index in [-0.39, 0.29) is 30.7 Å². The number of ether oxygens (including phenoxy) is 1. The second-order valence-corrected chi connectivity index (χ2v) is 10.00. The molecule has 3 N–H and O–H groups in total. The molecular weight excluding hydrogens is 470 g/mol. The van der Waals surface area contributed by atoms with Crippen molar-refractivity contribution in [3.8, 4) is 0 Å². The fourth-order valence-corrected chi connectivity index (χ4v) is 5.72. The van der Waals surface area contributed by atoms with Crippen molar-refractivity contribution in [2.24, 2.45) is 0 Å². The molecule has 1 saturated heterocycles. The van der Waals surface area contributed by atoms with E-state index in [0.717, 1.165) is 4.90 Å². The van der Waals surface area contributed by atoms with Crippen molar-refractivity contribution < 1.29 is 19.4 Å². The summed E-state index contributed by atoms with van der Waals surface area (Å²) >= 11 is 1.47. The highest BCUT2D eigenvalue weighted by Gasteiger charge is 2.39. The van der Waals surface area contributed by atoms with Crippen LogP contribution in [-0.2, 0) is 21.7 Å². The monoisotopic (exact) mass is 493 g/mol. The van der Waals surface area contributed by atoms with Crippen LogP contribution in [0.25, 0.3) is 11.0 Å². The molecule has 3 aliphatic heterocycles. The molecule has 6 rings (SSSR count). The predicted molar refractivity (Wildman–Crippen MR) is 131 cm³/mol. The number of nitrogens with one attached hydrogen (secondary N) is 2. The fourth-order valence-electron chi connectivity index (χ4n) is 4.94. The Labute approximate surface area is 204 Å². The molecule has 1 aromatic carbocycles. The van der Waals surface area contributed by atoms with E-state index in [0.29, 0.717) is 53.2 Å². The van der Waals surface area contributed by atoms with Crippen LogP contribution in [0.1, 0.15) is 12.0 Å². The zero-order chi connectivity index (χ0) is 24.2. The number of aliphatic hydroxyl groups is 1. The van der Waals surface area contributed by atoms with E-state index in [1.807, 2.05) is 12.1 Å². The SMILES string of the molecule is O=C1CSc2ccc(N3C[C@H](CCNC[C@]4(O)Cn5c(=O)ccc6nccc4c65)OC3=O)cc2N1. The molecule has 10 nitrogen and oxygen atoms in total. The molecule has 0 bridgehead atoms. The van der Waals surface area contributed by atoms with Gasteiger partial charge in [0.2, 0.25) is 5.91 Å². The Kier molecular flexibility index (Phi) is 5.28. The van der Waals surface area contributed by atoms with E-state index in [1.165, 1.54) is 17.8 Å². The van der Waals surface area contributed by atoms with E-state index in [9.17, 15) is 19.5 Å². The van der Waals surface area contributed by atoms with Gasteiger partial charge in [-0.3, -0.25) is 19.5 Å². The van der Waals surface area contributed by atoms with Gasteiger partial charge in [0.25, 0.3) is 5.56 Å². The molecule has 180 valence electrons. The number of fused-ring (bicyclic) bond motifs is 1. The minimum atomic E-state index is -1.22. The summed E-state index contributed by atoms with van der Waals surface area (Å²) in [6.45, 7) is 1.33. The van der Waals surface area contributed by atoms with Crippen molar-refractivity contribution >= 4 is 46.2 Å². The zero-order valence-electron chi connectivity index (χ0n) is 18.7. The van der Waals surface area contributed by atoms with Crippen LogP contribution < -0.4 is 21.1 Å². The highest BCUT2D eigenvalue weighted by atomic mass is 32.2. The van der Waals surface area contributed by atoms with Crippen molar-refractivity contribution in [2.75, 3.05) is 35.6 Å². The second-order valence-electron chi connectivity index (χ2n) is 8.98. The van der Waals surface area contributed by atoms with Gasteiger partial charge in [-0.25, -0.2) is 4.79 Å². The van der Waals surface area contributed by atoms with Gasteiger partial charge >= 0.3 is 6.09 Å². The van der Waals surface area contributed by atoms with E-state index in [1.54, 1.807) is 33.9 Å². The van der Waals surface area contributed by atoms with Crippen LogP contribution in [0.4, 0.5) is 16.2 Å². The van der Waals surface area contributed by atoms with E-state index in [4.69, 9.17) is 4.74 Å². The van der Waals surface area contributed by atoms with E-state index >= 15 is 0 Å². The van der Waals surface area contributed by atoms with Crippen molar-refractivity contribution in [2.45, 2.75) is 29.6 Å². The highest BCUT2D eigenvalue weighted by molar-refractivity contribution is 8.00. The third-order valence-corrected chi connectivity index (χ3v) is 7.71. The van der Waals surface area contributed by atoms with Gasteiger partial charge in [0.05, 0.1) is 35.6 Å². The number of hydrogen-bond donors (Lipinski definition) is 3. The van der Waals surface area contributed by atoms with Gasteiger partial charge in [0, 0.05) is 35.0 Å². The number of anilines is 2. The minimum absolute atomic E-state index is 0.0583. The first-order valence-electron chi connectivity index (χ1n) is 11.4. The number of cyclic esters (lactones) is 1. The van der Waals surface area contributed by atoms with Gasteiger partial charge in [-0.15, -0.1) is 11.8 Å². The Hall–Kier alpha value is -3.41. The number of carbonyl (C=O) groups excluding carboxylic acids is 2. The van der Waals surface area contributed by atoms with Gasteiger partial charge in [-0.2, -0.15) is 0 Å². The summed E-state index contributed by atoms with van der Waals surface area (Å²) in [5.41, 5.74) is 2.03. The molecule has 2 amide bonds. The molecule has 11 heteroatoms. The van der Waals surface area contributed by atoms with Crippen LogP contribution in [-0.4, -0.2) is 58.1 Å². The molecule has 3 aliphatic rings. The fraction of sp³-hybridized carbons (Fsp3) is 0.333. The molecule has 35 heavy (non-hydrogen) atoms. The standard InChI is InChI=1S/C24H23N5O5S/c30-20-11-35-19-3-1-14(9-18(19)27-20)28-10-15(34-23(28)32)5-7-25-12-24(33)13-29-21(31)4-2-17-22(29)16(24)6-8-26-17/h1-4,6,8-9,15,25,33H,5,7,10-13H2,(H,27,30)/t15-,24-/m0/s1. The second kappa shape index (κ2) is 8.36. The van der Waals surface area contributed by atoms with Crippen LogP contribution in [0.15, 0.2) is 52.3 Å². The van der Waals surface area contributed by atoms with Crippen molar-refractivity contribution in [1.29, 1.82) is 0 Å². The summed E-state index contributed by atoms with van der Waals surface area (Å²) in [6, 6.07) is 10.4. The molecule has 5 heterocycles. The summed E-state index contributed by atoms with van der Waals surface area (Å²) in [5, 5.41) is 17.4. The zero-order valence-corrected chi connectivity index (χ0v) is 19.5. The number of benzene rings is 1. The maximum Gasteiger partial charge on any atom is 0.414 e. The number of rotatable bonds is 6. The first-order valence-corrected chi connectivity index (χ1v) is 12.4. The van der Waals surface area contributed by atoms with Gasteiger partial charge in [-0.05, 0) is 43.3 Å². The number of hydrogen-bond acceptors (Lipinski definition) is 8. The molecule has 0 unspecified atom stereocenters. The normalized spacial score (nSPS) is 22.9. The summed E-state index contributed by atoms with van der Waals surface area (Å²) in [4.78, 5) is 43.3. The Balaban J connectivity index is 1.07. The van der Waals surface area contributed by atoms with Gasteiger partial charge < -0.3 is 25.0 Å². The highest BCUT2D eigenvalue weighted by Crippen LogP contribution is 2.36. The Morgan fingerprint density at radius 2 is 2.11 bits per heavy atom. The van der Waals surface area contributed by atoms with Crippen LogP contribution in [0, 0.1) is 0 Å². The van der Waals surface area contributed by atoms with Crippen molar-refractivity contribution in [1.82, 2.24) is 14.9 Å². The van der Waals surface area contributed by atoms with Gasteiger partial charge in [-0.1, -0.05) is 0 Å². The first-order chi connectivity index (χ1) is 16.9. The largest absolute Gasteiger partial charge is 0.444 e. The maximum atomic E-state index is 12.5. The predicted octanol–water partition coefficient (Wildman–Crippen LogP) is 1.65. The molecule has 0 spiro atoms. The summed E-state index contributed by atoms with van der Waals surface area (Å²) in [5.74, 6) is 0.328.